The Morgan fingerprint density at radius 1 is 1.22 bits per heavy atom. The third kappa shape index (κ3) is 5.75. The maximum absolute atomic E-state index is 11.8. The third-order valence-electron chi connectivity index (χ3n) is 3.04. The zero-order chi connectivity index (χ0) is 16.7. The Morgan fingerprint density at radius 2 is 2.04 bits per heavy atom. The Labute approximate surface area is 139 Å². The summed E-state index contributed by atoms with van der Waals surface area (Å²) in [5, 5.41) is 7.56. The summed E-state index contributed by atoms with van der Waals surface area (Å²) >= 11 is 1.59. The molecule has 0 radical (unpaired) electrons. The van der Waals surface area contributed by atoms with Gasteiger partial charge in [-0.15, -0.1) is 11.3 Å². The second kappa shape index (κ2) is 8.33. The van der Waals surface area contributed by atoms with Crippen molar-refractivity contribution >= 4 is 28.8 Å². The van der Waals surface area contributed by atoms with Crippen molar-refractivity contribution in [2.45, 2.75) is 20.4 Å². The van der Waals surface area contributed by atoms with Crippen LogP contribution >= 0.6 is 11.3 Å². The number of rotatable bonds is 7. The fraction of sp³-hybridized carbons (Fsp3) is 0.294. The minimum absolute atomic E-state index is 0.0594. The van der Waals surface area contributed by atoms with Crippen molar-refractivity contribution in [3.05, 3.63) is 46.7 Å². The topological polar surface area (TPSA) is 67.4 Å². The van der Waals surface area contributed by atoms with Gasteiger partial charge in [-0.2, -0.15) is 0 Å². The minimum atomic E-state index is -0.185. The molecule has 0 aliphatic carbocycles. The highest BCUT2D eigenvalue weighted by Crippen LogP contribution is 2.18. The molecule has 5 nitrogen and oxygen atoms in total. The Balaban J connectivity index is 1.80. The normalized spacial score (nSPS) is 10.4. The minimum Gasteiger partial charge on any atom is -0.484 e. The molecule has 2 rings (SSSR count). The number of anilines is 1. The van der Waals surface area contributed by atoms with Crippen molar-refractivity contribution in [2.24, 2.45) is 5.92 Å². The Kier molecular flexibility index (Phi) is 6.17. The maximum atomic E-state index is 11.8. The largest absolute Gasteiger partial charge is 0.484 e. The molecule has 6 heteroatoms. The molecule has 0 aliphatic heterocycles. The molecule has 0 atom stereocenters. The summed E-state index contributed by atoms with van der Waals surface area (Å²) in [7, 11) is 0. The van der Waals surface area contributed by atoms with Crippen molar-refractivity contribution in [2.75, 3.05) is 11.9 Å². The SMILES string of the molecule is CC(C)C(=O)Nc1cccc(OCC(=O)NCc2cccs2)c1. The number of benzene rings is 1. The zero-order valence-corrected chi connectivity index (χ0v) is 14.0. The number of thiophene rings is 1. The Morgan fingerprint density at radius 3 is 2.74 bits per heavy atom. The number of ether oxygens (including phenoxy) is 1. The van der Waals surface area contributed by atoms with Gasteiger partial charge in [0, 0.05) is 22.5 Å². The van der Waals surface area contributed by atoms with Crippen LogP contribution in [0.5, 0.6) is 5.75 Å². The zero-order valence-electron chi connectivity index (χ0n) is 13.2. The number of amides is 2. The summed E-state index contributed by atoms with van der Waals surface area (Å²) in [5.41, 5.74) is 0.653. The highest BCUT2D eigenvalue weighted by atomic mass is 32.1. The standard InChI is InChI=1S/C17H20N2O3S/c1-12(2)17(21)19-13-5-3-6-14(9-13)22-11-16(20)18-10-15-7-4-8-23-15/h3-9,12H,10-11H2,1-2H3,(H,18,20)(H,19,21). The lowest BCUT2D eigenvalue weighted by molar-refractivity contribution is -0.123. The molecule has 0 unspecified atom stereocenters. The van der Waals surface area contributed by atoms with E-state index in [2.05, 4.69) is 10.6 Å². The van der Waals surface area contributed by atoms with Crippen LogP contribution in [0.1, 0.15) is 18.7 Å². The van der Waals surface area contributed by atoms with E-state index in [9.17, 15) is 9.59 Å². The van der Waals surface area contributed by atoms with E-state index < -0.39 is 0 Å². The van der Waals surface area contributed by atoms with Gasteiger partial charge in [0.05, 0.1) is 6.54 Å². The summed E-state index contributed by atoms with van der Waals surface area (Å²) in [6.45, 7) is 4.10. The predicted molar refractivity (Wildman–Crippen MR) is 91.6 cm³/mol. The molecule has 122 valence electrons. The van der Waals surface area contributed by atoms with E-state index in [4.69, 9.17) is 4.74 Å². The third-order valence-corrected chi connectivity index (χ3v) is 3.91. The fourth-order valence-corrected chi connectivity index (χ4v) is 2.39. The lowest BCUT2D eigenvalue weighted by Crippen LogP contribution is -2.28. The lowest BCUT2D eigenvalue weighted by Gasteiger charge is -2.10. The first-order chi connectivity index (χ1) is 11.0. The summed E-state index contributed by atoms with van der Waals surface area (Å²) in [4.78, 5) is 24.5. The van der Waals surface area contributed by atoms with Crippen LogP contribution in [0.25, 0.3) is 0 Å². The molecule has 1 aromatic carbocycles. The van der Waals surface area contributed by atoms with Crippen molar-refractivity contribution in [3.8, 4) is 5.75 Å². The van der Waals surface area contributed by atoms with Gasteiger partial charge < -0.3 is 15.4 Å². The number of carbonyl (C=O) groups excluding carboxylic acids is 2. The monoisotopic (exact) mass is 332 g/mol. The average Bonchev–Trinajstić information content (AvgIpc) is 3.04. The lowest BCUT2D eigenvalue weighted by atomic mass is 10.2. The molecule has 2 amide bonds. The van der Waals surface area contributed by atoms with Gasteiger partial charge in [-0.1, -0.05) is 26.0 Å². The number of carbonyl (C=O) groups is 2. The molecule has 0 aliphatic rings. The molecule has 1 heterocycles. The van der Waals surface area contributed by atoms with Gasteiger partial charge in [0.1, 0.15) is 5.75 Å². The van der Waals surface area contributed by atoms with Crippen LogP contribution in [0, 0.1) is 5.92 Å². The molecule has 1 aromatic heterocycles. The van der Waals surface area contributed by atoms with E-state index in [1.807, 2.05) is 31.4 Å². The molecule has 0 saturated carbocycles. The van der Waals surface area contributed by atoms with Crippen LogP contribution in [0.15, 0.2) is 41.8 Å². The van der Waals surface area contributed by atoms with Crippen LogP contribution in [-0.4, -0.2) is 18.4 Å². The molecule has 2 aromatic rings. The molecule has 0 fully saturated rings. The summed E-state index contributed by atoms with van der Waals surface area (Å²) in [6.07, 6.45) is 0. The Bertz CT molecular complexity index is 654. The fourth-order valence-electron chi connectivity index (χ4n) is 1.75. The summed E-state index contributed by atoms with van der Waals surface area (Å²) in [6, 6.07) is 10.9. The van der Waals surface area contributed by atoms with Gasteiger partial charge in [0.15, 0.2) is 6.61 Å². The molecule has 0 bridgehead atoms. The van der Waals surface area contributed by atoms with Crippen LogP contribution in [0.3, 0.4) is 0 Å². The predicted octanol–water partition coefficient (Wildman–Crippen LogP) is 3.04. The number of hydrogen-bond donors (Lipinski definition) is 2. The molecule has 23 heavy (non-hydrogen) atoms. The molecule has 0 spiro atoms. The van der Waals surface area contributed by atoms with Crippen LogP contribution in [-0.2, 0) is 16.1 Å². The van der Waals surface area contributed by atoms with Gasteiger partial charge in [-0.3, -0.25) is 9.59 Å². The van der Waals surface area contributed by atoms with Crippen LogP contribution in [0.2, 0.25) is 0 Å². The van der Waals surface area contributed by atoms with E-state index in [-0.39, 0.29) is 24.3 Å². The number of nitrogens with one attached hydrogen (secondary N) is 2. The van der Waals surface area contributed by atoms with E-state index >= 15 is 0 Å². The number of hydrogen-bond acceptors (Lipinski definition) is 4. The second-order valence-corrected chi connectivity index (χ2v) is 6.35. The quantitative estimate of drug-likeness (QED) is 0.819. The Hall–Kier alpha value is -2.34. The van der Waals surface area contributed by atoms with Gasteiger partial charge in [0.2, 0.25) is 5.91 Å². The van der Waals surface area contributed by atoms with E-state index in [0.29, 0.717) is 18.0 Å². The molecule has 2 N–H and O–H groups in total. The summed E-state index contributed by atoms with van der Waals surface area (Å²) in [5.74, 6) is 0.200. The first-order valence-electron chi connectivity index (χ1n) is 7.37. The van der Waals surface area contributed by atoms with Crippen molar-refractivity contribution in [3.63, 3.8) is 0 Å². The molecular weight excluding hydrogens is 312 g/mol. The summed E-state index contributed by atoms with van der Waals surface area (Å²) < 4.78 is 5.46. The average molecular weight is 332 g/mol. The van der Waals surface area contributed by atoms with E-state index in [1.54, 1.807) is 35.6 Å². The van der Waals surface area contributed by atoms with Crippen LogP contribution in [0.4, 0.5) is 5.69 Å². The van der Waals surface area contributed by atoms with Gasteiger partial charge in [-0.05, 0) is 23.6 Å². The maximum Gasteiger partial charge on any atom is 0.258 e. The van der Waals surface area contributed by atoms with Gasteiger partial charge in [0.25, 0.3) is 5.91 Å². The van der Waals surface area contributed by atoms with Crippen LogP contribution < -0.4 is 15.4 Å². The second-order valence-electron chi connectivity index (χ2n) is 5.32. The first kappa shape index (κ1) is 17.0. The smallest absolute Gasteiger partial charge is 0.258 e. The van der Waals surface area contributed by atoms with Crippen molar-refractivity contribution < 1.29 is 14.3 Å². The highest BCUT2D eigenvalue weighted by molar-refractivity contribution is 7.09. The first-order valence-corrected chi connectivity index (χ1v) is 8.25. The molecule has 0 saturated heterocycles. The van der Waals surface area contributed by atoms with Gasteiger partial charge in [-0.25, -0.2) is 0 Å². The highest BCUT2D eigenvalue weighted by Gasteiger charge is 2.08. The molecular formula is C17H20N2O3S. The van der Waals surface area contributed by atoms with Crippen molar-refractivity contribution in [1.29, 1.82) is 0 Å². The van der Waals surface area contributed by atoms with E-state index in [1.165, 1.54) is 0 Å². The van der Waals surface area contributed by atoms with Gasteiger partial charge >= 0.3 is 0 Å². The van der Waals surface area contributed by atoms with Crippen molar-refractivity contribution in [1.82, 2.24) is 5.32 Å². The van der Waals surface area contributed by atoms with E-state index in [0.717, 1.165) is 4.88 Å².